The molecule has 0 spiro atoms. The molecule has 3 heterocycles. The van der Waals surface area contributed by atoms with E-state index in [-0.39, 0.29) is 5.82 Å². The lowest BCUT2D eigenvalue weighted by Crippen LogP contribution is -2.10. The van der Waals surface area contributed by atoms with Gasteiger partial charge < -0.3 is 0 Å². The molecule has 5 nitrogen and oxygen atoms in total. The van der Waals surface area contributed by atoms with Crippen molar-refractivity contribution in [1.29, 1.82) is 0 Å². The molecule has 0 radical (unpaired) electrons. The van der Waals surface area contributed by atoms with Crippen molar-refractivity contribution in [1.82, 2.24) is 15.0 Å². The number of pyridine rings is 2. The van der Waals surface area contributed by atoms with Crippen LogP contribution in [0.1, 0.15) is 11.4 Å². The fraction of sp³-hybridized carbons (Fsp3) is 0. The van der Waals surface area contributed by atoms with Gasteiger partial charge in [0.25, 0.3) is 0 Å². The number of hydrogen-bond donors (Lipinski definition) is 1. The Kier molecular flexibility index (Phi) is 4.93. The maximum Gasteiger partial charge on any atom is 0.203 e. The quantitative estimate of drug-likeness (QED) is 0.409. The molecular weight excluding hydrogens is 361 g/mol. The zero-order chi connectivity index (χ0) is 18.5. The minimum Gasteiger partial charge on any atom is -0.254 e. The predicted octanol–water partition coefficient (Wildman–Crippen LogP) is 4.60. The predicted molar refractivity (Wildman–Crippen MR) is 105 cm³/mol. The van der Waals surface area contributed by atoms with Crippen molar-refractivity contribution in [2.45, 2.75) is 0 Å². The highest BCUT2D eigenvalue weighted by Gasteiger charge is 2.10. The van der Waals surface area contributed by atoms with Crippen LogP contribution < -0.4 is 5.43 Å². The van der Waals surface area contributed by atoms with Gasteiger partial charge in [0.05, 0.1) is 17.1 Å². The normalized spacial score (nSPS) is 10.4. The van der Waals surface area contributed by atoms with Crippen LogP contribution in [0, 0.1) is 5.82 Å². The minimum atomic E-state index is -0.271. The summed E-state index contributed by atoms with van der Waals surface area (Å²) in [4.78, 5) is 13.2. The highest BCUT2D eigenvalue weighted by Crippen LogP contribution is 2.25. The van der Waals surface area contributed by atoms with E-state index < -0.39 is 0 Å². The van der Waals surface area contributed by atoms with Crippen molar-refractivity contribution in [3.8, 4) is 11.3 Å². The average molecular weight is 375 g/mol. The zero-order valence-electron chi connectivity index (χ0n) is 14.1. The Morgan fingerprint density at radius 2 is 1.56 bits per heavy atom. The Morgan fingerprint density at radius 3 is 2.15 bits per heavy atom. The van der Waals surface area contributed by atoms with Crippen molar-refractivity contribution in [2.24, 2.45) is 5.10 Å². The van der Waals surface area contributed by atoms with Crippen LogP contribution in [0.2, 0.25) is 0 Å². The number of thiazole rings is 1. The third kappa shape index (κ3) is 4.04. The molecule has 0 aliphatic heterocycles. The van der Waals surface area contributed by atoms with E-state index in [4.69, 9.17) is 0 Å². The topological polar surface area (TPSA) is 63.1 Å². The fourth-order valence-electron chi connectivity index (χ4n) is 2.43. The first-order valence-electron chi connectivity index (χ1n) is 8.17. The van der Waals surface area contributed by atoms with Crippen LogP contribution in [-0.2, 0) is 0 Å². The van der Waals surface area contributed by atoms with Crippen LogP contribution in [0.15, 0.2) is 83.5 Å². The molecular formula is C20H14FN5S. The Balaban J connectivity index is 1.62. The number of nitrogens with zero attached hydrogens (tertiary/aromatic N) is 4. The molecule has 0 saturated heterocycles. The second-order valence-corrected chi connectivity index (χ2v) is 6.41. The van der Waals surface area contributed by atoms with Gasteiger partial charge in [0.1, 0.15) is 11.5 Å². The molecule has 27 heavy (non-hydrogen) atoms. The van der Waals surface area contributed by atoms with Crippen molar-refractivity contribution in [2.75, 3.05) is 5.43 Å². The number of anilines is 1. The van der Waals surface area contributed by atoms with Gasteiger partial charge in [0, 0.05) is 23.3 Å². The van der Waals surface area contributed by atoms with E-state index in [9.17, 15) is 4.39 Å². The Hall–Kier alpha value is -3.45. The van der Waals surface area contributed by atoms with E-state index in [1.165, 1.54) is 23.5 Å². The summed E-state index contributed by atoms with van der Waals surface area (Å²) in [5.41, 5.74) is 6.63. The van der Waals surface area contributed by atoms with E-state index >= 15 is 0 Å². The summed E-state index contributed by atoms with van der Waals surface area (Å²) < 4.78 is 13.1. The van der Waals surface area contributed by atoms with Crippen LogP contribution in [0.4, 0.5) is 9.52 Å². The number of hydrazone groups is 1. The Labute approximate surface area is 159 Å². The summed E-state index contributed by atoms with van der Waals surface area (Å²) in [6.45, 7) is 0. The van der Waals surface area contributed by atoms with Gasteiger partial charge in [-0.1, -0.05) is 12.1 Å². The fourth-order valence-corrected chi connectivity index (χ4v) is 3.09. The molecule has 1 aromatic carbocycles. The minimum absolute atomic E-state index is 0.271. The van der Waals surface area contributed by atoms with Gasteiger partial charge in [-0.05, 0) is 48.5 Å². The van der Waals surface area contributed by atoms with Gasteiger partial charge in [-0.25, -0.2) is 9.37 Å². The lowest BCUT2D eigenvalue weighted by Gasteiger charge is -2.05. The molecule has 3 aromatic heterocycles. The maximum absolute atomic E-state index is 13.1. The summed E-state index contributed by atoms with van der Waals surface area (Å²) in [6.07, 6.45) is 3.42. The lowest BCUT2D eigenvalue weighted by atomic mass is 10.1. The molecule has 4 rings (SSSR count). The highest BCUT2D eigenvalue weighted by atomic mass is 32.1. The number of benzene rings is 1. The van der Waals surface area contributed by atoms with Gasteiger partial charge in [0.15, 0.2) is 0 Å². The largest absolute Gasteiger partial charge is 0.254 e. The van der Waals surface area contributed by atoms with Gasteiger partial charge in [-0.15, -0.1) is 11.3 Å². The van der Waals surface area contributed by atoms with Crippen molar-refractivity contribution in [3.63, 3.8) is 0 Å². The standard InChI is InChI=1S/C20H14FN5S/c21-15-9-7-14(8-10-15)18-13-27-20(24-18)26-25-19(16-5-1-3-11-22-16)17-6-2-4-12-23-17/h1-13H,(H,24,26). The number of hydrogen-bond acceptors (Lipinski definition) is 6. The average Bonchev–Trinajstić information content (AvgIpc) is 3.19. The Morgan fingerprint density at radius 1 is 0.889 bits per heavy atom. The van der Waals surface area contributed by atoms with E-state index in [1.54, 1.807) is 24.5 Å². The summed E-state index contributed by atoms with van der Waals surface area (Å²) in [6, 6.07) is 17.5. The lowest BCUT2D eigenvalue weighted by molar-refractivity contribution is 0.628. The molecule has 132 valence electrons. The van der Waals surface area contributed by atoms with E-state index in [2.05, 4.69) is 25.5 Å². The molecule has 0 fully saturated rings. The molecule has 0 bridgehead atoms. The zero-order valence-corrected chi connectivity index (χ0v) is 14.9. The first-order valence-corrected chi connectivity index (χ1v) is 9.05. The number of halogens is 1. The monoisotopic (exact) mass is 375 g/mol. The van der Waals surface area contributed by atoms with Gasteiger partial charge in [0.2, 0.25) is 5.13 Å². The van der Waals surface area contributed by atoms with Crippen molar-refractivity contribution in [3.05, 3.63) is 95.6 Å². The third-order valence-electron chi connectivity index (χ3n) is 3.72. The van der Waals surface area contributed by atoms with Gasteiger partial charge in [-0.2, -0.15) is 5.10 Å². The molecule has 0 unspecified atom stereocenters. The molecule has 0 amide bonds. The van der Waals surface area contributed by atoms with Crippen LogP contribution in [0.5, 0.6) is 0 Å². The number of nitrogens with one attached hydrogen (secondary N) is 1. The molecule has 7 heteroatoms. The van der Waals surface area contributed by atoms with Gasteiger partial charge >= 0.3 is 0 Å². The number of aromatic nitrogens is 3. The number of rotatable bonds is 5. The first kappa shape index (κ1) is 17.0. The van der Waals surface area contributed by atoms with Crippen LogP contribution in [0.3, 0.4) is 0 Å². The van der Waals surface area contributed by atoms with Crippen molar-refractivity contribution >= 4 is 22.2 Å². The third-order valence-corrected chi connectivity index (χ3v) is 4.47. The molecule has 0 aliphatic carbocycles. The summed E-state index contributed by atoms with van der Waals surface area (Å²) in [7, 11) is 0. The molecule has 0 saturated carbocycles. The second-order valence-electron chi connectivity index (χ2n) is 5.55. The first-order chi connectivity index (χ1) is 13.3. The maximum atomic E-state index is 13.1. The SMILES string of the molecule is Fc1ccc(-c2csc(NN=C(c3ccccn3)c3ccccn3)n2)cc1. The highest BCUT2D eigenvalue weighted by molar-refractivity contribution is 7.14. The Bertz CT molecular complexity index is 1010. The van der Waals surface area contributed by atoms with Crippen molar-refractivity contribution < 1.29 is 4.39 Å². The smallest absolute Gasteiger partial charge is 0.203 e. The molecule has 0 atom stereocenters. The summed E-state index contributed by atoms with van der Waals surface area (Å²) in [5.74, 6) is -0.271. The van der Waals surface area contributed by atoms with E-state index in [0.29, 0.717) is 22.2 Å². The van der Waals surface area contributed by atoms with Gasteiger partial charge in [-0.3, -0.25) is 15.4 Å². The molecule has 4 aromatic rings. The van der Waals surface area contributed by atoms with Crippen LogP contribution in [0.25, 0.3) is 11.3 Å². The second kappa shape index (κ2) is 7.84. The van der Waals surface area contributed by atoms with Crippen LogP contribution >= 0.6 is 11.3 Å². The summed E-state index contributed by atoms with van der Waals surface area (Å²) >= 11 is 1.42. The summed E-state index contributed by atoms with van der Waals surface area (Å²) in [5, 5.41) is 7.00. The van der Waals surface area contributed by atoms with E-state index in [0.717, 1.165) is 11.3 Å². The van der Waals surface area contributed by atoms with Crippen LogP contribution in [-0.4, -0.2) is 20.7 Å². The molecule has 1 N–H and O–H groups in total. The van der Waals surface area contributed by atoms with E-state index in [1.807, 2.05) is 41.8 Å². The molecule has 0 aliphatic rings.